The molecule has 0 unspecified atom stereocenters. The highest BCUT2D eigenvalue weighted by Gasteiger charge is 2.18. The molecule has 19 heavy (non-hydrogen) atoms. The highest BCUT2D eigenvalue weighted by Crippen LogP contribution is 2.22. The van der Waals surface area contributed by atoms with Crippen LogP contribution in [0.25, 0.3) is 0 Å². The van der Waals surface area contributed by atoms with E-state index in [2.05, 4.69) is 23.7 Å². The van der Waals surface area contributed by atoms with Crippen molar-refractivity contribution in [3.8, 4) is 0 Å². The van der Waals surface area contributed by atoms with Crippen LogP contribution < -0.4 is 16.4 Å². The van der Waals surface area contributed by atoms with E-state index in [9.17, 15) is 4.79 Å². The Morgan fingerprint density at radius 1 is 1.37 bits per heavy atom. The lowest BCUT2D eigenvalue weighted by Gasteiger charge is -2.27. The molecule has 0 radical (unpaired) electrons. The van der Waals surface area contributed by atoms with Crippen molar-refractivity contribution in [2.24, 2.45) is 11.7 Å². The zero-order valence-corrected chi connectivity index (χ0v) is 12.0. The SMILES string of the molecule is CCC(CC)CN(CC)c1ncc(N)cc1C(N)=O. The molecule has 0 aliphatic carbocycles. The summed E-state index contributed by atoms with van der Waals surface area (Å²) in [5, 5.41) is 0. The highest BCUT2D eigenvalue weighted by molar-refractivity contribution is 5.98. The van der Waals surface area contributed by atoms with Crippen molar-refractivity contribution in [2.75, 3.05) is 23.7 Å². The van der Waals surface area contributed by atoms with Gasteiger partial charge in [0.25, 0.3) is 5.91 Å². The summed E-state index contributed by atoms with van der Waals surface area (Å²) in [5.41, 5.74) is 11.9. The minimum Gasteiger partial charge on any atom is -0.397 e. The Labute approximate surface area is 115 Å². The Bertz CT molecular complexity index is 429. The van der Waals surface area contributed by atoms with E-state index in [4.69, 9.17) is 11.5 Å². The number of nitrogen functional groups attached to an aromatic ring is 1. The number of primary amides is 1. The van der Waals surface area contributed by atoms with Gasteiger partial charge in [-0.25, -0.2) is 4.98 Å². The molecule has 1 amide bonds. The maximum absolute atomic E-state index is 11.5. The van der Waals surface area contributed by atoms with Crippen LogP contribution >= 0.6 is 0 Å². The third-order valence-electron chi connectivity index (χ3n) is 3.47. The summed E-state index contributed by atoms with van der Waals surface area (Å²) < 4.78 is 0. The number of nitrogens with two attached hydrogens (primary N) is 2. The number of nitrogens with zero attached hydrogens (tertiary/aromatic N) is 2. The summed E-state index contributed by atoms with van der Waals surface area (Å²) in [5.74, 6) is 0.730. The standard InChI is InChI=1S/C14H24N4O/c1-4-10(5-2)9-18(6-3)14-12(13(16)19)7-11(15)8-17-14/h7-8,10H,4-6,9,15H2,1-3H3,(H2,16,19). The van der Waals surface area contributed by atoms with Crippen LogP contribution in [-0.2, 0) is 0 Å². The molecule has 1 aromatic rings. The molecule has 0 saturated carbocycles. The van der Waals surface area contributed by atoms with E-state index in [1.807, 2.05) is 6.92 Å². The normalized spacial score (nSPS) is 10.7. The van der Waals surface area contributed by atoms with Crippen molar-refractivity contribution in [3.63, 3.8) is 0 Å². The molecule has 0 spiro atoms. The zero-order valence-electron chi connectivity index (χ0n) is 12.0. The second-order valence-electron chi connectivity index (χ2n) is 4.73. The smallest absolute Gasteiger partial charge is 0.252 e. The largest absolute Gasteiger partial charge is 0.397 e. The lowest BCUT2D eigenvalue weighted by molar-refractivity contribution is 0.100. The number of carbonyl (C=O) groups excluding carboxylic acids is 1. The Hall–Kier alpha value is -1.78. The van der Waals surface area contributed by atoms with Crippen LogP contribution in [0.1, 0.15) is 44.0 Å². The van der Waals surface area contributed by atoms with E-state index in [-0.39, 0.29) is 0 Å². The van der Waals surface area contributed by atoms with Crippen LogP contribution in [0.3, 0.4) is 0 Å². The second kappa shape index (κ2) is 6.97. The number of hydrogen-bond acceptors (Lipinski definition) is 4. The molecule has 0 saturated heterocycles. The predicted molar refractivity (Wildman–Crippen MR) is 79.1 cm³/mol. The number of rotatable bonds is 7. The lowest BCUT2D eigenvalue weighted by Crippen LogP contribution is -2.32. The van der Waals surface area contributed by atoms with Crippen LogP contribution in [-0.4, -0.2) is 24.0 Å². The monoisotopic (exact) mass is 264 g/mol. The van der Waals surface area contributed by atoms with E-state index in [1.165, 1.54) is 0 Å². The summed E-state index contributed by atoms with van der Waals surface area (Å²) in [7, 11) is 0. The number of anilines is 2. The van der Waals surface area contributed by atoms with Crippen molar-refractivity contribution in [1.82, 2.24) is 4.98 Å². The molecule has 0 aliphatic heterocycles. The van der Waals surface area contributed by atoms with Crippen molar-refractivity contribution >= 4 is 17.4 Å². The Morgan fingerprint density at radius 2 is 2.00 bits per heavy atom. The molecule has 0 atom stereocenters. The molecule has 0 fully saturated rings. The average Bonchev–Trinajstić information content (AvgIpc) is 2.40. The van der Waals surface area contributed by atoms with Gasteiger partial charge in [0, 0.05) is 13.1 Å². The highest BCUT2D eigenvalue weighted by atomic mass is 16.1. The van der Waals surface area contributed by atoms with Gasteiger partial charge in [-0.2, -0.15) is 0 Å². The summed E-state index contributed by atoms with van der Waals surface area (Å²) in [6.07, 6.45) is 3.78. The number of amides is 1. The third kappa shape index (κ3) is 3.84. The van der Waals surface area contributed by atoms with Crippen molar-refractivity contribution in [3.05, 3.63) is 17.8 Å². The Kier molecular flexibility index (Phi) is 5.60. The average molecular weight is 264 g/mol. The molecule has 1 aromatic heterocycles. The topological polar surface area (TPSA) is 85.2 Å². The lowest BCUT2D eigenvalue weighted by atomic mass is 10.0. The fraction of sp³-hybridized carbons (Fsp3) is 0.571. The van der Waals surface area contributed by atoms with Gasteiger partial charge in [0.2, 0.25) is 0 Å². The van der Waals surface area contributed by atoms with Gasteiger partial charge in [0.05, 0.1) is 17.4 Å². The first kappa shape index (κ1) is 15.3. The minimum atomic E-state index is -0.488. The predicted octanol–water partition coefficient (Wildman–Crippen LogP) is 2.03. The molecular formula is C14H24N4O. The zero-order chi connectivity index (χ0) is 14.4. The minimum absolute atomic E-state index is 0.396. The van der Waals surface area contributed by atoms with Crippen LogP contribution in [0, 0.1) is 5.92 Å². The quantitative estimate of drug-likeness (QED) is 0.789. The third-order valence-corrected chi connectivity index (χ3v) is 3.47. The van der Waals surface area contributed by atoms with Crippen LogP contribution in [0.15, 0.2) is 12.3 Å². The molecule has 0 aliphatic rings. The number of carbonyl (C=O) groups is 1. The van der Waals surface area contributed by atoms with Crippen LogP contribution in [0.2, 0.25) is 0 Å². The van der Waals surface area contributed by atoms with Gasteiger partial charge in [0.15, 0.2) is 0 Å². The Morgan fingerprint density at radius 3 is 2.47 bits per heavy atom. The van der Waals surface area contributed by atoms with E-state index < -0.39 is 5.91 Å². The first-order valence-corrected chi connectivity index (χ1v) is 6.83. The van der Waals surface area contributed by atoms with E-state index in [1.54, 1.807) is 12.3 Å². The maximum atomic E-state index is 11.5. The second-order valence-corrected chi connectivity index (χ2v) is 4.73. The molecule has 0 bridgehead atoms. The molecule has 5 nitrogen and oxygen atoms in total. The first-order valence-electron chi connectivity index (χ1n) is 6.83. The number of pyridine rings is 1. The van der Waals surface area contributed by atoms with Crippen molar-refractivity contribution < 1.29 is 4.79 Å². The molecule has 1 rings (SSSR count). The fourth-order valence-corrected chi connectivity index (χ4v) is 2.13. The molecule has 106 valence electrons. The molecule has 5 heteroatoms. The molecule has 0 aromatic carbocycles. The summed E-state index contributed by atoms with van der Waals surface area (Å²) in [6.45, 7) is 8.06. The maximum Gasteiger partial charge on any atom is 0.252 e. The molecule has 4 N–H and O–H groups in total. The van der Waals surface area contributed by atoms with Gasteiger partial charge in [-0.15, -0.1) is 0 Å². The van der Waals surface area contributed by atoms with E-state index in [0.717, 1.165) is 25.9 Å². The Balaban J connectivity index is 3.07. The van der Waals surface area contributed by atoms with Gasteiger partial charge in [-0.05, 0) is 18.9 Å². The van der Waals surface area contributed by atoms with Crippen LogP contribution in [0.4, 0.5) is 11.5 Å². The van der Waals surface area contributed by atoms with Gasteiger partial charge < -0.3 is 16.4 Å². The van der Waals surface area contributed by atoms with Crippen LogP contribution in [0.5, 0.6) is 0 Å². The van der Waals surface area contributed by atoms with Crippen molar-refractivity contribution in [1.29, 1.82) is 0 Å². The summed E-state index contributed by atoms with van der Waals surface area (Å²) in [4.78, 5) is 17.9. The number of aromatic nitrogens is 1. The summed E-state index contributed by atoms with van der Waals surface area (Å²) >= 11 is 0. The number of hydrogen-bond donors (Lipinski definition) is 2. The molecular weight excluding hydrogens is 240 g/mol. The molecule has 1 heterocycles. The van der Waals surface area contributed by atoms with Gasteiger partial charge in [0.1, 0.15) is 5.82 Å². The van der Waals surface area contributed by atoms with Gasteiger partial charge >= 0.3 is 0 Å². The van der Waals surface area contributed by atoms with Gasteiger partial charge in [-0.1, -0.05) is 26.7 Å². The van der Waals surface area contributed by atoms with E-state index >= 15 is 0 Å². The van der Waals surface area contributed by atoms with E-state index in [0.29, 0.717) is 23.0 Å². The van der Waals surface area contributed by atoms with Crippen molar-refractivity contribution in [2.45, 2.75) is 33.6 Å². The van der Waals surface area contributed by atoms with Gasteiger partial charge in [-0.3, -0.25) is 4.79 Å². The summed E-state index contributed by atoms with van der Waals surface area (Å²) in [6, 6.07) is 1.60. The first-order chi connectivity index (χ1) is 9.03. The fourth-order valence-electron chi connectivity index (χ4n) is 2.13.